The summed E-state index contributed by atoms with van der Waals surface area (Å²) in [5.41, 5.74) is 2.62. The minimum atomic E-state index is -0.478. The summed E-state index contributed by atoms with van der Waals surface area (Å²) in [5, 5.41) is 11.7. The van der Waals surface area contributed by atoms with Crippen LogP contribution < -0.4 is 10.1 Å². The number of amides is 2. The maximum Gasteiger partial charge on any atom is 0.243 e. The Balaban J connectivity index is 1.70. The van der Waals surface area contributed by atoms with Gasteiger partial charge in [-0.2, -0.15) is 0 Å². The first-order chi connectivity index (χ1) is 16.9. The fourth-order valence-electron chi connectivity index (χ4n) is 3.65. The third-order valence-electron chi connectivity index (χ3n) is 5.44. The molecule has 9 heteroatoms. The van der Waals surface area contributed by atoms with E-state index in [0.29, 0.717) is 23.3 Å². The number of nitrogens with zero attached hydrogens (tertiary/aromatic N) is 4. The summed E-state index contributed by atoms with van der Waals surface area (Å²) < 4.78 is 7.37. The first-order valence-electron chi connectivity index (χ1n) is 11.4. The van der Waals surface area contributed by atoms with Crippen LogP contribution in [0, 0.1) is 0 Å². The van der Waals surface area contributed by atoms with Gasteiger partial charge in [0.1, 0.15) is 5.75 Å². The number of para-hydroxylation sites is 2. The van der Waals surface area contributed by atoms with Crippen molar-refractivity contribution < 1.29 is 14.3 Å². The summed E-state index contributed by atoms with van der Waals surface area (Å²) >= 11 is 1.29. The molecule has 0 aliphatic carbocycles. The molecule has 1 N–H and O–H groups in total. The second-order valence-electron chi connectivity index (χ2n) is 7.92. The fourth-order valence-corrected chi connectivity index (χ4v) is 4.62. The van der Waals surface area contributed by atoms with Gasteiger partial charge in [0.15, 0.2) is 11.0 Å². The number of carbonyl (C=O) groups is 2. The van der Waals surface area contributed by atoms with Gasteiger partial charge in [0, 0.05) is 19.3 Å². The van der Waals surface area contributed by atoms with E-state index in [1.807, 2.05) is 60.0 Å². The molecule has 2 amide bonds. The molecule has 2 aromatic carbocycles. The van der Waals surface area contributed by atoms with Crippen LogP contribution in [0.1, 0.15) is 19.4 Å². The molecule has 0 aliphatic heterocycles. The molecule has 0 aliphatic rings. The van der Waals surface area contributed by atoms with E-state index in [4.69, 9.17) is 4.74 Å². The zero-order valence-corrected chi connectivity index (χ0v) is 21.3. The minimum Gasteiger partial charge on any atom is -0.496 e. The minimum absolute atomic E-state index is 0.0480. The number of thioether (sulfide) groups is 1. The molecule has 0 bridgehead atoms. The maximum absolute atomic E-state index is 13.0. The van der Waals surface area contributed by atoms with Crippen molar-refractivity contribution in [3.63, 3.8) is 0 Å². The molecule has 1 heterocycles. The number of likely N-dealkylation sites (N-methyl/N-ethyl adjacent to an activating group) is 1. The molecule has 0 saturated heterocycles. The Labute approximate surface area is 210 Å². The Kier molecular flexibility index (Phi) is 9.08. The Morgan fingerprint density at radius 2 is 1.91 bits per heavy atom. The number of aromatic nitrogens is 3. The standard InChI is InChI=1S/C26H31N5O3S/c1-6-16-31-24(20-13-9-11-15-22(20)34-5)28-29-26(31)35-18(3)25(33)30(4)17-23(32)27-21-14-10-8-12-19(21)7-2/h6,8-15,18H,1,7,16-17H2,2-5H3,(H,27,32). The fraction of sp³-hybridized carbons (Fsp3) is 0.308. The largest absolute Gasteiger partial charge is 0.496 e. The molecule has 1 unspecified atom stereocenters. The van der Waals surface area contributed by atoms with Gasteiger partial charge in [-0.25, -0.2) is 0 Å². The molecule has 1 aromatic heterocycles. The number of methoxy groups -OCH3 is 1. The van der Waals surface area contributed by atoms with Crippen LogP contribution in [-0.4, -0.2) is 57.4 Å². The van der Waals surface area contributed by atoms with Crippen LogP contribution in [0.15, 0.2) is 66.3 Å². The highest BCUT2D eigenvalue weighted by atomic mass is 32.2. The number of nitrogens with one attached hydrogen (secondary N) is 1. The number of carbonyl (C=O) groups excluding carboxylic acids is 2. The highest BCUT2D eigenvalue weighted by Gasteiger charge is 2.25. The van der Waals surface area contributed by atoms with Gasteiger partial charge < -0.3 is 15.0 Å². The van der Waals surface area contributed by atoms with Crippen molar-refractivity contribution in [3.05, 3.63) is 66.7 Å². The third kappa shape index (κ3) is 6.30. The van der Waals surface area contributed by atoms with E-state index in [1.165, 1.54) is 16.7 Å². The van der Waals surface area contributed by atoms with Gasteiger partial charge in [-0.05, 0) is 37.1 Å². The molecule has 35 heavy (non-hydrogen) atoms. The normalized spacial score (nSPS) is 11.5. The van der Waals surface area contributed by atoms with Gasteiger partial charge in [0.25, 0.3) is 0 Å². The first-order valence-corrected chi connectivity index (χ1v) is 12.2. The second-order valence-corrected chi connectivity index (χ2v) is 9.23. The van der Waals surface area contributed by atoms with Crippen molar-refractivity contribution in [2.75, 3.05) is 26.0 Å². The SMILES string of the molecule is C=CCn1c(SC(C)C(=O)N(C)CC(=O)Nc2ccccc2CC)nnc1-c1ccccc1OC. The van der Waals surface area contributed by atoms with Crippen molar-refractivity contribution in [2.24, 2.45) is 0 Å². The highest BCUT2D eigenvalue weighted by molar-refractivity contribution is 8.00. The van der Waals surface area contributed by atoms with E-state index in [9.17, 15) is 9.59 Å². The summed E-state index contributed by atoms with van der Waals surface area (Å²) in [6.07, 6.45) is 2.56. The number of aryl methyl sites for hydroxylation is 1. The van der Waals surface area contributed by atoms with Crippen LogP contribution in [0.4, 0.5) is 5.69 Å². The molecular formula is C26H31N5O3S. The predicted octanol–water partition coefficient (Wildman–Crippen LogP) is 4.28. The monoisotopic (exact) mass is 493 g/mol. The van der Waals surface area contributed by atoms with Gasteiger partial charge in [-0.15, -0.1) is 16.8 Å². The third-order valence-corrected chi connectivity index (χ3v) is 6.50. The van der Waals surface area contributed by atoms with E-state index in [2.05, 4.69) is 22.1 Å². The molecule has 3 rings (SSSR count). The molecule has 0 spiro atoms. The topological polar surface area (TPSA) is 89.4 Å². The lowest BCUT2D eigenvalue weighted by Gasteiger charge is -2.21. The molecule has 3 aromatic rings. The Bertz CT molecular complexity index is 1190. The number of allylic oxidation sites excluding steroid dienone is 1. The van der Waals surface area contributed by atoms with Gasteiger partial charge in [0.2, 0.25) is 11.8 Å². The van der Waals surface area contributed by atoms with Crippen LogP contribution in [0.3, 0.4) is 0 Å². The lowest BCUT2D eigenvalue weighted by Crippen LogP contribution is -2.39. The Hall–Kier alpha value is -3.59. The molecular weight excluding hydrogens is 462 g/mol. The zero-order valence-electron chi connectivity index (χ0n) is 20.5. The van der Waals surface area contributed by atoms with Crippen molar-refractivity contribution in [2.45, 2.75) is 37.2 Å². The van der Waals surface area contributed by atoms with Gasteiger partial charge in [0.05, 0.1) is 24.5 Å². The molecule has 1 atom stereocenters. The number of hydrogen-bond donors (Lipinski definition) is 1. The number of ether oxygens (including phenoxy) is 1. The predicted molar refractivity (Wildman–Crippen MR) is 140 cm³/mol. The summed E-state index contributed by atoms with van der Waals surface area (Å²) in [7, 11) is 3.23. The quantitative estimate of drug-likeness (QED) is 0.317. The average Bonchev–Trinajstić information content (AvgIpc) is 3.25. The number of benzene rings is 2. The van der Waals surface area contributed by atoms with Crippen molar-refractivity contribution in [1.29, 1.82) is 0 Å². The van der Waals surface area contributed by atoms with Gasteiger partial charge >= 0.3 is 0 Å². The summed E-state index contributed by atoms with van der Waals surface area (Å²) in [5.74, 6) is 0.890. The molecule has 0 radical (unpaired) electrons. The number of hydrogen-bond acceptors (Lipinski definition) is 6. The molecule has 0 saturated carbocycles. The number of rotatable bonds is 11. The highest BCUT2D eigenvalue weighted by Crippen LogP contribution is 2.32. The van der Waals surface area contributed by atoms with Crippen molar-refractivity contribution in [3.8, 4) is 17.1 Å². The van der Waals surface area contributed by atoms with Gasteiger partial charge in [-0.1, -0.05) is 55.1 Å². The van der Waals surface area contributed by atoms with Crippen LogP contribution in [-0.2, 0) is 22.6 Å². The summed E-state index contributed by atoms with van der Waals surface area (Å²) in [6.45, 7) is 8.09. The first kappa shape index (κ1) is 26.0. The van der Waals surface area contributed by atoms with E-state index >= 15 is 0 Å². The summed E-state index contributed by atoms with van der Waals surface area (Å²) in [4.78, 5) is 27.0. The van der Waals surface area contributed by atoms with E-state index in [-0.39, 0.29) is 18.4 Å². The average molecular weight is 494 g/mol. The van der Waals surface area contributed by atoms with E-state index < -0.39 is 5.25 Å². The maximum atomic E-state index is 13.0. The second kappa shape index (κ2) is 12.2. The van der Waals surface area contributed by atoms with Crippen molar-refractivity contribution in [1.82, 2.24) is 19.7 Å². The van der Waals surface area contributed by atoms with Crippen LogP contribution in [0.25, 0.3) is 11.4 Å². The number of anilines is 1. The molecule has 0 fully saturated rings. The Morgan fingerprint density at radius 3 is 2.63 bits per heavy atom. The smallest absolute Gasteiger partial charge is 0.243 e. The molecule has 8 nitrogen and oxygen atoms in total. The van der Waals surface area contributed by atoms with Crippen LogP contribution >= 0.6 is 11.8 Å². The molecule has 184 valence electrons. The van der Waals surface area contributed by atoms with E-state index in [1.54, 1.807) is 27.2 Å². The van der Waals surface area contributed by atoms with Crippen LogP contribution in [0.2, 0.25) is 0 Å². The summed E-state index contributed by atoms with van der Waals surface area (Å²) in [6, 6.07) is 15.2. The van der Waals surface area contributed by atoms with Crippen molar-refractivity contribution >= 4 is 29.3 Å². The van der Waals surface area contributed by atoms with E-state index in [0.717, 1.165) is 23.2 Å². The van der Waals surface area contributed by atoms with Crippen LogP contribution in [0.5, 0.6) is 5.75 Å². The van der Waals surface area contributed by atoms with Gasteiger partial charge in [-0.3, -0.25) is 14.2 Å². The lowest BCUT2D eigenvalue weighted by molar-refractivity contribution is -0.132. The lowest BCUT2D eigenvalue weighted by atomic mass is 10.1. The Morgan fingerprint density at radius 1 is 1.20 bits per heavy atom. The zero-order chi connectivity index (χ0) is 25.4.